The van der Waals surface area contributed by atoms with Gasteiger partial charge < -0.3 is 15.4 Å². The van der Waals surface area contributed by atoms with E-state index in [-0.39, 0.29) is 30.4 Å². The second-order valence-corrected chi connectivity index (χ2v) is 8.66. The molecular weight excluding hydrogens is 472 g/mol. The number of carbonyl (C=O) groups excluding carboxylic acids is 2. The van der Waals surface area contributed by atoms with Crippen LogP contribution in [0.4, 0.5) is 16.4 Å². The van der Waals surface area contributed by atoms with E-state index in [9.17, 15) is 9.59 Å². The van der Waals surface area contributed by atoms with Crippen molar-refractivity contribution in [3.63, 3.8) is 0 Å². The van der Waals surface area contributed by atoms with Gasteiger partial charge in [-0.3, -0.25) is 20.0 Å². The van der Waals surface area contributed by atoms with E-state index in [4.69, 9.17) is 16.3 Å². The summed E-state index contributed by atoms with van der Waals surface area (Å²) in [7, 11) is 3.29. The van der Waals surface area contributed by atoms with E-state index in [0.717, 1.165) is 5.69 Å². The monoisotopic (exact) mass is 498 g/mol. The van der Waals surface area contributed by atoms with Gasteiger partial charge >= 0.3 is 6.03 Å². The smallest absolute Gasteiger partial charge is 0.319 e. The van der Waals surface area contributed by atoms with Crippen molar-refractivity contribution in [2.75, 3.05) is 37.4 Å². The number of halogens is 1. The quantitative estimate of drug-likeness (QED) is 0.456. The number of anilines is 2. The first-order valence-electron chi connectivity index (χ1n) is 11.1. The number of piperidine rings is 1. The fourth-order valence-electron chi connectivity index (χ4n) is 4.01. The number of amides is 3. The Morgan fingerprint density at radius 2 is 1.94 bits per heavy atom. The maximum atomic E-state index is 12.7. The summed E-state index contributed by atoms with van der Waals surface area (Å²) >= 11 is 5.92. The van der Waals surface area contributed by atoms with Crippen molar-refractivity contribution in [2.24, 2.45) is 7.05 Å². The lowest BCUT2D eigenvalue weighted by molar-refractivity contribution is -0.117. The number of ether oxygens (including phenoxy) is 1. The average molecular weight is 499 g/mol. The minimum absolute atomic E-state index is 0.131. The van der Waals surface area contributed by atoms with Gasteiger partial charge in [0.15, 0.2) is 0 Å². The van der Waals surface area contributed by atoms with Gasteiger partial charge in [-0.1, -0.05) is 11.6 Å². The number of nitrogens with one attached hydrogen (secondary N) is 3. The molecule has 2 unspecified atom stereocenters. The van der Waals surface area contributed by atoms with Crippen molar-refractivity contribution in [3.8, 4) is 5.75 Å². The van der Waals surface area contributed by atoms with Crippen LogP contribution in [0.1, 0.15) is 18.0 Å². The van der Waals surface area contributed by atoms with Crippen LogP contribution in [-0.2, 0) is 11.8 Å². The van der Waals surface area contributed by atoms with Crippen molar-refractivity contribution >= 4 is 35.2 Å². The SMILES string of the molecule is COc1ccc(C2CN(CC(=O)Nc3ncnn3C)CCC2NC(=O)Nc2ccc(Cl)cc2)nc1. The molecule has 12 heteroatoms. The molecule has 11 nitrogen and oxygen atoms in total. The Balaban J connectivity index is 1.43. The van der Waals surface area contributed by atoms with E-state index >= 15 is 0 Å². The molecule has 1 aromatic carbocycles. The third kappa shape index (κ3) is 6.46. The number of aryl methyl sites for hydroxylation is 1. The Labute approximate surface area is 207 Å². The van der Waals surface area contributed by atoms with Gasteiger partial charge in [0, 0.05) is 48.5 Å². The number of aromatic nitrogens is 4. The van der Waals surface area contributed by atoms with Crippen LogP contribution < -0.4 is 20.7 Å². The standard InChI is InChI=1S/C23H27ClN8O3/c1-31-22(26-14-27-31)30-21(33)13-32-10-9-20(18(12-32)19-8-7-17(35-2)11-25-19)29-23(34)28-16-5-3-15(24)4-6-16/h3-8,11,14,18,20H,9-10,12-13H2,1-2H3,(H2,28,29,34)(H,26,27,30,33). The van der Waals surface area contributed by atoms with Gasteiger partial charge in [0.05, 0.1) is 19.9 Å². The van der Waals surface area contributed by atoms with Crippen LogP contribution in [0, 0.1) is 0 Å². The van der Waals surface area contributed by atoms with Gasteiger partial charge in [0.25, 0.3) is 0 Å². The second-order valence-electron chi connectivity index (χ2n) is 8.22. The highest BCUT2D eigenvalue weighted by Crippen LogP contribution is 2.27. The molecule has 1 aliphatic heterocycles. The van der Waals surface area contributed by atoms with E-state index in [1.807, 2.05) is 17.0 Å². The Morgan fingerprint density at radius 1 is 1.14 bits per heavy atom. The lowest BCUT2D eigenvalue weighted by Crippen LogP contribution is -2.52. The number of hydrogen-bond donors (Lipinski definition) is 3. The van der Waals surface area contributed by atoms with E-state index in [1.54, 1.807) is 44.6 Å². The number of carbonyl (C=O) groups is 2. The number of hydrogen-bond acceptors (Lipinski definition) is 7. The predicted molar refractivity (Wildman–Crippen MR) is 132 cm³/mol. The van der Waals surface area contributed by atoms with E-state index in [0.29, 0.717) is 41.9 Å². The molecule has 1 aliphatic rings. The van der Waals surface area contributed by atoms with Crippen LogP contribution >= 0.6 is 11.6 Å². The Bertz CT molecular complexity index is 1150. The molecule has 1 fully saturated rings. The largest absolute Gasteiger partial charge is 0.495 e. The molecule has 3 heterocycles. The fraction of sp³-hybridized carbons (Fsp3) is 0.348. The van der Waals surface area contributed by atoms with Crippen LogP contribution in [0.15, 0.2) is 48.9 Å². The Kier molecular flexibility index (Phi) is 7.78. The van der Waals surface area contributed by atoms with Crippen LogP contribution in [0.3, 0.4) is 0 Å². The zero-order chi connectivity index (χ0) is 24.8. The number of urea groups is 1. The first-order chi connectivity index (χ1) is 16.9. The molecule has 0 aliphatic carbocycles. The molecule has 3 N–H and O–H groups in total. The summed E-state index contributed by atoms with van der Waals surface area (Å²) in [5.74, 6) is 0.718. The Morgan fingerprint density at radius 3 is 2.60 bits per heavy atom. The highest BCUT2D eigenvalue weighted by molar-refractivity contribution is 6.30. The fourth-order valence-corrected chi connectivity index (χ4v) is 4.14. The molecule has 35 heavy (non-hydrogen) atoms. The second kappa shape index (κ2) is 11.2. The third-order valence-corrected chi connectivity index (χ3v) is 6.07. The van der Waals surface area contributed by atoms with Crippen molar-refractivity contribution in [1.29, 1.82) is 0 Å². The summed E-state index contributed by atoms with van der Waals surface area (Å²) in [6.45, 7) is 1.35. The molecule has 184 valence electrons. The lowest BCUT2D eigenvalue weighted by atomic mass is 9.88. The zero-order valence-electron chi connectivity index (χ0n) is 19.4. The van der Waals surface area contributed by atoms with Gasteiger partial charge in [-0.2, -0.15) is 10.1 Å². The maximum absolute atomic E-state index is 12.7. The molecule has 2 atom stereocenters. The minimum atomic E-state index is -0.315. The molecule has 4 rings (SSSR count). The topological polar surface area (TPSA) is 126 Å². The molecule has 0 radical (unpaired) electrons. The van der Waals surface area contributed by atoms with Gasteiger partial charge in [-0.05, 0) is 42.8 Å². The normalized spacial score (nSPS) is 18.0. The molecule has 0 bridgehead atoms. The van der Waals surface area contributed by atoms with E-state index < -0.39 is 0 Å². The number of rotatable bonds is 7. The molecule has 2 aromatic heterocycles. The molecular formula is C23H27ClN8O3. The van der Waals surface area contributed by atoms with Crippen molar-refractivity contribution in [2.45, 2.75) is 18.4 Å². The number of likely N-dealkylation sites (tertiary alicyclic amines) is 1. The van der Waals surface area contributed by atoms with Crippen molar-refractivity contribution < 1.29 is 14.3 Å². The average Bonchev–Trinajstić information content (AvgIpc) is 3.25. The molecule has 3 aromatic rings. The molecule has 3 amide bonds. The van der Waals surface area contributed by atoms with Gasteiger partial charge in [-0.15, -0.1) is 0 Å². The summed E-state index contributed by atoms with van der Waals surface area (Å²) in [5.41, 5.74) is 1.45. The molecule has 1 saturated heterocycles. The van der Waals surface area contributed by atoms with E-state index in [1.165, 1.54) is 11.0 Å². The van der Waals surface area contributed by atoms with Crippen molar-refractivity contribution in [3.05, 3.63) is 59.6 Å². The number of methoxy groups -OCH3 is 1. The van der Waals surface area contributed by atoms with Crippen LogP contribution in [0.5, 0.6) is 5.75 Å². The van der Waals surface area contributed by atoms with Crippen LogP contribution in [0.25, 0.3) is 0 Å². The summed E-state index contributed by atoms with van der Waals surface area (Å²) in [4.78, 5) is 35.9. The summed E-state index contributed by atoms with van der Waals surface area (Å²) < 4.78 is 6.73. The third-order valence-electron chi connectivity index (χ3n) is 5.82. The highest BCUT2D eigenvalue weighted by Gasteiger charge is 2.33. The number of nitrogens with zero attached hydrogens (tertiary/aromatic N) is 5. The first kappa shape index (κ1) is 24.4. The first-order valence-corrected chi connectivity index (χ1v) is 11.5. The summed E-state index contributed by atoms with van der Waals surface area (Å²) in [6.07, 6.45) is 3.68. The van der Waals surface area contributed by atoms with E-state index in [2.05, 4.69) is 31.0 Å². The molecule has 0 saturated carbocycles. The van der Waals surface area contributed by atoms with Gasteiger partial charge in [0.2, 0.25) is 11.9 Å². The number of pyridine rings is 1. The highest BCUT2D eigenvalue weighted by atomic mass is 35.5. The maximum Gasteiger partial charge on any atom is 0.319 e. The predicted octanol–water partition coefficient (Wildman–Crippen LogP) is 2.49. The lowest BCUT2D eigenvalue weighted by Gasteiger charge is -2.38. The minimum Gasteiger partial charge on any atom is -0.495 e. The van der Waals surface area contributed by atoms with Gasteiger partial charge in [0.1, 0.15) is 12.1 Å². The zero-order valence-corrected chi connectivity index (χ0v) is 20.2. The Hall–Kier alpha value is -3.70. The van der Waals surface area contributed by atoms with Gasteiger partial charge in [-0.25, -0.2) is 9.48 Å². The van der Waals surface area contributed by atoms with Crippen molar-refractivity contribution in [1.82, 2.24) is 30.0 Å². The summed E-state index contributed by atoms with van der Waals surface area (Å²) in [6, 6.07) is 10.1. The molecule has 0 spiro atoms. The number of benzene rings is 1. The van der Waals surface area contributed by atoms with Crippen LogP contribution in [0.2, 0.25) is 5.02 Å². The van der Waals surface area contributed by atoms with Crippen LogP contribution in [-0.4, -0.2) is 69.4 Å². The summed E-state index contributed by atoms with van der Waals surface area (Å²) in [5, 5.41) is 13.2.